The predicted molar refractivity (Wildman–Crippen MR) is 120 cm³/mol. The molecule has 6 nitrogen and oxygen atoms in total. The number of amides is 1. The Morgan fingerprint density at radius 2 is 2.06 bits per heavy atom. The van der Waals surface area contributed by atoms with Crippen LogP contribution in [0.4, 0.5) is 4.39 Å². The van der Waals surface area contributed by atoms with Gasteiger partial charge in [-0.1, -0.05) is 13.0 Å². The number of aryl methyl sites for hydroxylation is 1. The number of halogens is 1. The Balaban J connectivity index is 1.79. The van der Waals surface area contributed by atoms with Gasteiger partial charge in [0.1, 0.15) is 5.82 Å². The molecule has 0 fully saturated rings. The van der Waals surface area contributed by atoms with Crippen LogP contribution in [0.25, 0.3) is 16.7 Å². The zero-order valence-corrected chi connectivity index (χ0v) is 18.4. The van der Waals surface area contributed by atoms with Crippen LogP contribution in [0.5, 0.6) is 0 Å². The first kappa shape index (κ1) is 20.6. The zero-order valence-electron chi connectivity index (χ0n) is 18.4. The lowest BCUT2D eigenvalue weighted by molar-refractivity contribution is 0.0780. The highest BCUT2D eigenvalue weighted by Gasteiger charge is 2.29. The second-order valence-electron chi connectivity index (χ2n) is 8.55. The van der Waals surface area contributed by atoms with Gasteiger partial charge in [-0.05, 0) is 42.3 Å². The number of fused-ring (bicyclic) bond motifs is 4. The summed E-state index contributed by atoms with van der Waals surface area (Å²) < 4.78 is 16.0. The van der Waals surface area contributed by atoms with E-state index in [1.165, 1.54) is 12.1 Å². The topological polar surface area (TPSA) is 71.2 Å². The number of pyridine rings is 1. The number of aromatic nitrogens is 3. The number of aliphatic hydroxyl groups is 1. The first-order chi connectivity index (χ1) is 15.4. The summed E-state index contributed by atoms with van der Waals surface area (Å²) in [5, 5.41) is 14.2. The fourth-order valence-electron chi connectivity index (χ4n) is 4.97. The van der Waals surface area contributed by atoms with Crippen molar-refractivity contribution in [3.8, 4) is 11.1 Å². The summed E-state index contributed by atoms with van der Waals surface area (Å²) in [6, 6.07) is 6.52. The quantitative estimate of drug-likeness (QED) is 0.670. The van der Waals surface area contributed by atoms with Crippen molar-refractivity contribution in [2.45, 2.75) is 39.3 Å². The van der Waals surface area contributed by atoms with Crippen LogP contribution in [0.15, 0.2) is 36.5 Å². The van der Waals surface area contributed by atoms with Gasteiger partial charge in [-0.25, -0.2) is 4.39 Å². The first-order valence-electron chi connectivity index (χ1n) is 10.8. The molecule has 0 saturated carbocycles. The molecular weight excluding hydrogens is 407 g/mol. The van der Waals surface area contributed by atoms with Crippen LogP contribution in [-0.2, 0) is 19.5 Å². The largest absolute Gasteiger partial charge is 0.394 e. The monoisotopic (exact) mass is 432 g/mol. The Hall–Kier alpha value is -3.32. The number of hydrogen-bond acceptors (Lipinski definition) is 4. The van der Waals surface area contributed by atoms with Crippen molar-refractivity contribution in [2.75, 3.05) is 13.7 Å². The molecule has 0 unspecified atom stereocenters. The molecule has 3 aromatic rings. The number of rotatable bonds is 2. The summed E-state index contributed by atoms with van der Waals surface area (Å²) >= 11 is 0. The lowest BCUT2D eigenvalue weighted by Crippen LogP contribution is -2.29. The Kier molecular flexibility index (Phi) is 4.93. The second-order valence-corrected chi connectivity index (χ2v) is 8.55. The maximum atomic E-state index is 14.3. The zero-order chi connectivity index (χ0) is 22.6. The van der Waals surface area contributed by atoms with Gasteiger partial charge >= 0.3 is 0 Å². The third-order valence-electron chi connectivity index (χ3n) is 6.54. The molecule has 0 saturated heterocycles. The van der Waals surface area contributed by atoms with Crippen molar-refractivity contribution in [1.82, 2.24) is 19.7 Å². The van der Waals surface area contributed by atoms with Gasteiger partial charge in [0.2, 0.25) is 0 Å². The van der Waals surface area contributed by atoms with Crippen molar-refractivity contribution >= 4 is 11.5 Å². The minimum Gasteiger partial charge on any atom is -0.394 e. The van der Waals surface area contributed by atoms with Crippen LogP contribution in [0, 0.1) is 12.7 Å². The van der Waals surface area contributed by atoms with Crippen molar-refractivity contribution in [3.63, 3.8) is 0 Å². The van der Waals surface area contributed by atoms with Gasteiger partial charge in [-0.3, -0.25) is 14.5 Å². The molecule has 32 heavy (non-hydrogen) atoms. The molecule has 164 valence electrons. The van der Waals surface area contributed by atoms with Crippen molar-refractivity contribution < 1.29 is 14.3 Å². The highest BCUT2D eigenvalue weighted by atomic mass is 19.1. The molecular formula is C25H25FN4O2. The van der Waals surface area contributed by atoms with Gasteiger partial charge in [0.25, 0.3) is 5.91 Å². The van der Waals surface area contributed by atoms with Crippen LogP contribution in [-0.4, -0.2) is 44.3 Å². The number of benzene rings is 1. The van der Waals surface area contributed by atoms with Crippen LogP contribution in [0.3, 0.4) is 0 Å². The van der Waals surface area contributed by atoms with Crippen molar-refractivity contribution in [2.24, 2.45) is 0 Å². The number of carbonyl (C=O) groups excluding carboxylic acids is 1. The number of carbonyl (C=O) groups is 1. The lowest BCUT2D eigenvalue weighted by atomic mass is 9.85. The fraction of sp³-hybridized carbons (Fsp3) is 0.320. The van der Waals surface area contributed by atoms with Gasteiger partial charge < -0.3 is 10.0 Å². The van der Waals surface area contributed by atoms with Gasteiger partial charge in [0, 0.05) is 47.8 Å². The number of nitrogens with zero attached hydrogens (tertiary/aromatic N) is 4. The summed E-state index contributed by atoms with van der Waals surface area (Å²) in [4.78, 5) is 19.9. The Morgan fingerprint density at radius 1 is 1.25 bits per heavy atom. The van der Waals surface area contributed by atoms with Gasteiger partial charge in [-0.2, -0.15) is 5.10 Å². The molecule has 1 atom stereocenters. The van der Waals surface area contributed by atoms with Gasteiger partial charge in [0.15, 0.2) is 0 Å². The van der Waals surface area contributed by atoms with E-state index in [9.17, 15) is 14.3 Å². The average molecular weight is 432 g/mol. The molecule has 2 aromatic heterocycles. The van der Waals surface area contributed by atoms with E-state index >= 15 is 0 Å². The lowest BCUT2D eigenvalue weighted by Gasteiger charge is -2.24. The van der Waals surface area contributed by atoms with E-state index in [4.69, 9.17) is 4.98 Å². The van der Waals surface area contributed by atoms with E-state index in [-0.39, 0.29) is 24.2 Å². The normalized spacial score (nSPS) is 17.4. The number of allylic oxidation sites excluding steroid dienone is 2. The molecule has 7 heteroatoms. The predicted octanol–water partition coefficient (Wildman–Crippen LogP) is 3.71. The third-order valence-corrected chi connectivity index (χ3v) is 6.54. The van der Waals surface area contributed by atoms with Crippen LogP contribution >= 0.6 is 0 Å². The minimum atomic E-state index is -0.359. The molecule has 1 amide bonds. The molecule has 2 bridgehead atoms. The fourth-order valence-corrected chi connectivity index (χ4v) is 4.97. The van der Waals surface area contributed by atoms with E-state index in [1.54, 1.807) is 22.7 Å². The van der Waals surface area contributed by atoms with E-state index in [0.29, 0.717) is 30.6 Å². The minimum absolute atomic E-state index is 0.0554. The van der Waals surface area contributed by atoms with E-state index in [2.05, 4.69) is 17.2 Å². The molecule has 3 heterocycles. The molecule has 5 rings (SSSR count). The molecule has 1 aliphatic carbocycles. The second kappa shape index (κ2) is 7.67. The SMILES string of the molecule is Cc1nn(CCO)c2c1-c1cnc3c(c1)C(=CC3)[C@H](C)c1cc(F)ccc1C(=O)N(C)C2. The first-order valence-corrected chi connectivity index (χ1v) is 10.8. The summed E-state index contributed by atoms with van der Waals surface area (Å²) in [5.41, 5.74) is 7.77. The summed E-state index contributed by atoms with van der Waals surface area (Å²) in [6.45, 7) is 4.53. The highest BCUT2D eigenvalue weighted by Crippen LogP contribution is 2.41. The van der Waals surface area contributed by atoms with Crippen LogP contribution in [0.2, 0.25) is 0 Å². The van der Waals surface area contributed by atoms with Crippen molar-refractivity contribution in [1.29, 1.82) is 0 Å². The molecule has 1 aliphatic heterocycles. The maximum absolute atomic E-state index is 14.3. The molecule has 0 spiro atoms. The standard InChI is InChI=1S/C25H25FN4O2/c1-14-18-6-7-22-21(18)10-16(12-27-22)24-15(2)28-30(8-9-31)23(24)13-29(3)25(32)19-5-4-17(26)11-20(14)19/h4-6,10-12,14,31H,7-9,13H2,1-3H3/t14-/m0/s1. The van der Waals surface area contributed by atoms with Crippen LogP contribution < -0.4 is 0 Å². The molecule has 2 aliphatic rings. The Morgan fingerprint density at radius 3 is 2.84 bits per heavy atom. The maximum Gasteiger partial charge on any atom is 0.254 e. The van der Waals surface area contributed by atoms with Crippen LogP contribution in [0.1, 0.15) is 51.4 Å². The summed E-state index contributed by atoms with van der Waals surface area (Å²) in [5.74, 6) is -0.690. The smallest absolute Gasteiger partial charge is 0.254 e. The number of hydrogen-bond donors (Lipinski definition) is 1. The Labute approximate surface area is 186 Å². The van der Waals surface area contributed by atoms with Gasteiger partial charge in [-0.15, -0.1) is 0 Å². The van der Waals surface area contributed by atoms with E-state index in [0.717, 1.165) is 39.3 Å². The van der Waals surface area contributed by atoms with Crippen molar-refractivity contribution in [3.05, 3.63) is 76.1 Å². The van der Waals surface area contributed by atoms with E-state index in [1.807, 2.05) is 20.0 Å². The summed E-state index contributed by atoms with van der Waals surface area (Å²) in [6.07, 6.45) is 4.70. The highest BCUT2D eigenvalue weighted by molar-refractivity contribution is 5.97. The Bertz CT molecular complexity index is 1280. The third kappa shape index (κ3) is 3.15. The van der Waals surface area contributed by atoms with Gasteiger partial charge in [0.05, 0.1) is 36.8 Å². The molecule has 1 N–H and O–H groups in total. The molecule has 0 radical (unpaired) electrons. The number of aliphatic hydroxyl groups excluding tert-OH is 1. The molecule has 1 aromatic carbocycles. The average Bonchev–Trinajstić information content (AvgIpc) is 3.32. The van der Waals surface area contributed by atoms with E-state index < -0.39 is 0 Å². The summed E-state index contributed by atoms with van der Waals surface area (Å²) in [7, 11) is 1.74.